The number of nitrogens with one attached hydrogen (secondary N) is 1. The molecule has 0 aliphatic rings. The summed E-state index contributed by atoms with van der Waals surface area (Å²) in [5.41, 5.74) is 2.65. The molecule has 0 radical (unpaired) electrons. The summed E-state index contributed by atoms with van der Waals surface area (Å²) >= 11 is 0.848. The molecule has 0 fully saturated rings. The molecule has 0 aliphatic heterocycles. The fraction of sp³-hybridized carbons (Fsp3) is 0.250. The maximum Gasteiger partial charge on any atom is 0.293 e. The number of nitrogens with zero attached hydrogens (tertiary/aromatic N) is 3. The molecule has 0 unspecified atom stereocenters. The molecule has 152 valence electrons. The van der Waals surface area contributed by atoms with Crippen molar-refractivity contribution in [1.82, 2.24) is 10.2 Å². The number of hydrogen-bond donors (Lipinski definition) is 1. The molecule has 7 nitrogen and oxygen atoms in total. The molecule has 0 spiro atoms. The van der Waals surface area contributed by atoms with Gasteiger partial charge in [0.2, 0.25) is 11.0 Å². The molecule has 0 saturated heterocycles. The smallest absolute Gasteiger partial charge is 0.293 e. The molecule has 2 aromatic carbocycles. The molecular formula is C20H22N4O3S2. The van der Waals surface area contributed by atoms with Crippen LogP contribution in [-0.2, 0) is 21.2 Å². The number of benzene rings is 2. The molecule has 1 aromatic heterocycles. The van der Waals surface area contributed by atoms with Gasteiger partial charge in [0.25, 0.3) is 14.4 Å². The van der Waals surface area contributed by atoms with E-state index in [1.165, 1.54) is 4.31 Å². The van der Waals surface area contributed by atoms with Crippen LogP contribution in [0, 0.1) is 6.92 Å². The van der Waals surface area contributed by atoms with Gasteiger partial charge in [-0.1, -0.05) is 59.4 Å². The van der Waals surface area contributed by atoms with Crippen molar-refractivity contribution in [3.8, 4) is 0 Å². The van der Waals surface area contributed by atoms with Crippen LogP contribution in [0.3, 0.4) is 0 Å². The minimum absolute atomic E-state index is 0.154. The molecule has 0 bridgehead atoms. The highest BCUT2D eigenvalue weighted by atomic mass is 32.2. The molecule has 1 N–H and O–H groups in total. The van der Waals surface area contributed by atoms with E-state index in [0.717, 1.165) is 22.5 Å². The van der Waals surface area contributed by atoms with Crippen LogP contribution in [0.25, 0.3) is 0 Å². The van der Waals surface area contributed by atoms with Gasteiger partial charge in [0.05, 0.1) is 5.69 Å². The number of aromatic nitrogens is 2. The molecule has 9 heteroatoms. The van der Waals surface area contributed by atoms with Crippen LogP contribution in [0.4, 0.5) is 10.8 Å². The first-order valence-corrected chi connectivity index (χ1v) is 11.4. The zero-order valence-corrected chi connectivity index (χ0v) is 17.8. The molecule has 0 atom stereocenters. The summed E-state index contributed by atoms with van der Waals surface area (Å²) in [5, 5.41) is 10.4. The highest BCUT2D eigenvalue weighted by Gasteiger charge is 2.28. The Balaban J connectivity index is 1.69. The standard InChI is InChI=1S/C20H22N4O3S2/c1-3-24(17-12-9-15(2)10-13-17)29(26,27)20-23-22-19(28-20)21-18(25)14-11-16-7-5-4-6-8-16/h4-10,12-13H,3,11,14H2,1-2H3,(H,21,22,25). The molecule has 29 heavy (non-hydrogen) atoms. The average molecular weight is 431 g/mol. The van der Waals surface area contributed by atoms with Crippen molar-refractivity contribution in [1.29, 1.82) is 0 Å². The Kier molecular flexibility index (Phi) is 6.60. The van der Waals surface area contributed by atoms with E-state index in [1.807, 2.05) is 49.4 Å². The number of anilines is 2. The van der Waals surface area contributed by atoms with E-state index in [9.17, 15) is 13.2 Å². The number of hydrogen-bond acceptors (Lipinski definition) is 6. The Morgan fingerprint density at radius 1 is 1.07 bits per heavy atom. The lowest BCUT2D eigenvalue weighted by Gasteiger charge is -2.21. The Morgan fingerprint density at radius 3 is 2.41 bits per heavy atom. The first-order chi connectivity index (χ1) is 13.9. The van der Waals surface area contributed by atoms with Crippen molar-refractivity contribution < 1.29 is 13.2 Å². The molecule has 0 aliphatic carbocycles. The third kappa shape index (κ3) is 5.18. The SMILES string of the molecule is CCN(c1ccc(C)cc1)S(=O)(=O)c1nnc(NC(=O)CCc2ccccc2)s1. The van der Waals surface area contributed by atoms with Crippen molar-refractivity contribution in [2.24, 2.45) is 0 Å². The van der Waals surface area contributed by atoms with Crippen molar-refractivity contribution in [2.75, 3.05) is 16.2 Å². The number of sulfonamides is 1. The second-order valence-corrected chi connectivity index (χ2v) is 9.43. The zero-order valence-electron chi connectivity index (χ0n) is 16.2. The lowest BCUT2D eigenvalue weighted by Crippen LogP contribution is -2.30. The summed E-state index contributed by atoms with van der Waals surface area (Å²) < 4.78 is 27.1. The maximum atomic E-state index is 13.0. The van der Waals surface area contributed by atoms with Gasteiger partial charge in [0, 0.05) is 13.0 Å². The third-order valence-electron chi connectivity index (χ3n) is 4.26. The van der Waals surface area contributed by atoms with E-state index in [0.29, 0.717) is 12.1 Å². The molecular weight excluding hydrogens is 408 g/mol. The quantitative estimate of drug-likeness (QED) is 0.551. The monoisotopic (exact) mass is 430 g/mol. The number of carbonyl (C=O) groups excluding carboxylic acids is 1. The summed E-state index contributed by atoms with van der Waals surface area (Å²) in [7, 11) is -3.86. The Bertz CT molecular complexity index is 1060. The average Bonchev–Trinajstić information content (AvgIpc) is 3.18. The van der Waals surface area contributed by atoms with E-state index >= 15 is 0 Å². The van der Waals surface area contributed by atoms with E-state index in [-0.39, 0.29) is 28.3 Å². The summed E-state index contributed by atoms with van der Waals surface area (Å²) in [6.45, 7) is 3.94. The predicted molar refractivity (Wildman–Crippen MR) is 115 cm³/mol. The van der Waals surface area contributed by atoms with Crippen LogP contribution in [-0.4, -0.2) is 31.1 Å². The van der Waals surface area contributed by atoms with Gasteiger partial charge in [-0.3, -0.25) is 9.10 Å². The van der Waals surface area contributed by atoms with Crippen molar-refractivity contribution in [2.45, 2.75) is 31.0 Å². The van der Waals surface area contributed by atoms with Crippen molar-refractivity contribution >= 4 is 38.1 Å². The van der Waals surface area contributed by atoms with Gasteiger partial charge in [0.15, 0.2) is 0 Å². The normalized spacial score (nSPS) is 11.2. The second-order valence-electron chi connectivity index (χ2n) is 6.41. The predicted octanol–water partition coefficient (Wildman–Crippen LogP) is 3.63. The van der Waals surface area contributed by atoms with Crippen LogP contribution < -0.4 is 9.62 Å². The van der Waals surface area contributed by atoms with E-state index in [1.54, 1.807) is 19.1 Å². The topological polar surface area (TPSA) is 92.3 Å². The molecule has 1 amide bonds. The van der Waals surface area contributed by atoms with Gasteiger partial charge in [-0.15, -0.1) is 10.2 Å². The van der Waals surface area contributed by atoms with Gasteiger partial charge in [-0.25, -0.2) is 0 Å². The van der Waals surface area contributed by atoms with E-state index in [4.69, 9.17) is 0 Å². The number of rotatable bonds is 8. The summed E-state index contributed by atoms with van der Waals surface area (Å²) in [6.07, 6.45) is 0.865. The van der Waals surface area contributed by atoms with Crippen LogP contribution in [0.5, 0.6) is 0 Å². The fourth-order valence-electron chi connectivity index (χ4n) is 2.75. The summed E-state index contributed by atoms with van der Waals surface area (Å²) in [4.78, 5) is 12.2. The van der Waals surface area contributed by atoms with Gasteiger partial charge in [0.1, 0.15) is 0 Å². The van der Waals surface area contributed by atoms with Gasteiger partial charge >= 0.3 is 0 Å². The molecule has 0 saturated carbocycles. The Hall–Kier alpha value is -2.78. The largest absolute Gasteiger partial charge is 0.300 e. The molecule has 3 aromatic rings. The highest BCUT2D eigenvalue weighted by molar-refractivity contribution is 7.94. The Morgan fingerprint density at radius 2 is 1.76 bits per heavy atom. The zero-order chi connectivity index (χ0) is 20.9. The Labute approximate surface area is 174 Å². The third-order valence-corrected chi connectivity index (χ3v) is 7.34. The van der Waals surface area contributed by atoms with E-state index < -0.39 is 10.0 Å². The number of aryl methyl sites for hydroxylation is 2. The van der Waals surface area contributed by atoms with Crippen LogP contribution in [0.2, 0.25) is 0 Å². The highest BCUT2D eigenvalue weighted by Crippen LogP contribution is 2.27. The van der Waals surface area contributed by atoms with Gasteiger partial charge in [-0.2, -0.15) is 8.42 Å². The number of carbonyl (C=O) groups is 1. The lowest BCUT2D eigenvalue weighted by molar-refractivity contribution is -0.116. The second kappa shape index (κ2) is 9.15. The van der Waals surface area contributed by atoms with Crippen LogP contribution >= 0.6 is 11.3 Å². The summed E-state index contributed by atoms with van der Waals surface area (Å²) in [6, 6.07) is 16.9. The van der Waals surface area contributed by atoms with Crippen molar-refractivity contribution in [3.05, 3.63) is 65.7 Å². The van der Waals surface area contributed by atoms with Gasteiger partial charge < -0.3 is 5.32 Å². The fourth-order valence-corrected chi connectivity index (χ4v) is 5.24. The first kappa shape index (κ1) is 20.9. The first-order valence-electron chi connectivity index (χ1n) is 9.17. The van der Waals surface area contributed by atoms with Gasteiger partial charge in [-0.05, 0) is 38.0 Å². The summed E-state index contributed by atoms with van der Waals surface area (Å²) in [5.74, 6) is -0.236. The van der Waals surface area contributed by atoms with Crippen LogP contribution in [0.15, 0.2) is 58.9 Å². The minimum atomic E-state index is -3.86. The maximum absolute atomic E-state index is 13.0. The van der Waals surface area contributed by atoms with Crippen molar-refractivity contribution in [3.63, 3.8) is 0 Å². The minimum Gasteiger partial charge on any atom is -0.300 e. The molecule has 1 heterocycles. The van der Waals surface area contributed by atoms with Crippen LogP contribution in [0.1, 0.15) is 24.5 Å². The van der Waals surface area contributed by atoms with E-state index in [2.05, 4.69) is 15.5 Å². The molecule has 3 rings (SSSR count). The lowest BCUT2D eigenvalue weighted by atomic mass is 10.1. The number of amides is 1.